The Hall–Kier alpha value is -1.89. The monoisotopic (exact) mass is 281 g/mol. The summed E-state index contributed by atoms with van der Waals surface area (Å²) in [5.41, 5.74) is 4.98. The predicted octanol–water partition coefficient (Wildman–Crippen LogP) is 0.775. The summed E-state index contributed by atoms with van der Waals surface area (Å²) in [6.07, 6.45) is 1.81. The Morgan fingerprint density at radius 2 is 1.90 bits per heavy atom. The highest BCUT2D eigenvalue weighted by atomic mass is 16.5. The molecule has 0 aromatic carbocycles. The number of ether oxygens (including phenoxy) is 1. The predicted molar refractivity (Wildman–Crippen MR) is 78.7 cm³/mol. The minimum atomic E-state index is -0.466. The maximum atomic E-state index is 10.5. The van der Waals surface area contributed by atoms with Crippen molar-refractivity contribution in [2.75, 3.05) is 36.9 Å². The number of hydrogen-bond donors (Lipinski definition) is 3. The van der Waals surface area contributed by atoms with Gasteiger partial charge >= 0.3 is 0 Å². The van der Waals surface area contributed by atoms with Crippen molar-refractivity contribution in [3.63, 3.8) is 0 Å². The van der Waals surface area contributed by atoms with Crippen LogP contribution in [0.15, 0.2) is 6.07 Å². The summed E-state index contributed by atoms with van der Waals surface area (Å²) in [7, 11) is 0. The molecule has 7 nitrogen and oxygen atoms in total. The highest BCUT2D eigenvalue weighted by molar-refractivity contribution is 5.74. The number of aryl methyl sites for hydroxylation is 1. The molecular formula is C13H23N5O2. The second-order valence-corrected chi connectivity index (χ2v) is 4.28. The number of amides is 1. The van der Waals surface area contributed by atoms with E-state index >= 15 is 0 Å². The SMILES string of the molecule is CCCNc1cc(NCCOCC(N)=O)nc(CC)n1. The molecule has 0 aliphatic rings. The molecule has 7 heteroatoms. The number of carbonyl (C=O) groups is 1. The van der Waals surface area contributed by atoms with E-state index in [1.54, 1.807) is 0 Å². The van der Waals surface area contributed by atoms with E-state index in [4.69, 9.17) is 10.5 Å². The zero-order chi connectivity index (χ0) is 14.8. The molecule has 0 fully saturated rings. The summed E-state index contributed by atoms with van der Waals surface area (Å²) in [6, 6.07) is 1.86. The molecule has 4 N–H and O–H groups in total. The summed E-state index contributed by atoms with van der Waals surface area (Å²) in [5, 5.41) is 6.38. The normalized spacial score (nSPS) is 10.3. The Morgan fingerprint density at radius 3 is 2.45 bits per heavy atom. The second kappa shape index (κ2) is 9.08. The van der Waals surface area contributed by atoms with Gasteiger partial charge in [-0.1, -0.05) is 13.8 Å². The third kappa shape index (κ3) is 6.33. The molecule has 0 saturated carbocycles. The topological polar surface area (TPSA) is 102 Å². The van der Waals surface area contributed by atoms with Gasteiger partial charge in [-0.05, 0) is 6.42 Å². The molecule has 0 spiro atoms. The Morgan fingerprint density at radius 1 is 1.25 bits per heavy atom. The van der Waals surface area contributed by atoms with Crippen LogP contribution in [-0.2, 0) is 16.0 Å². The van der Waals surface area contributed by atoms with Crippen molar-refractivity contribution >= 4 is 17.5 Å². The van der Waals surface area contributed by atoms with Gasteiger partial charge < -0.3 is 21.1 Å². The minimum Gasteiger partial charge on any atom is -0.370 e. The number of nitrogens with two attached hydrogens (primary N) is 1. The first-order valence-corrected chi connectivity index (χ1v) is 6.87. The van der Waals surface area contributed by atoms with Crippen LogP contribution in [-0.4, -0.2) is 42.2 Å². The van der Waals surface area contributed by atoms with Gasteiger partial charge in [0.15, 0.2) is 0 Å². The molecule has 0 saturated heterocycles. The van der Waals surface area contributed by atoms with Crippen LogP contribution in [0.4, 0.5) is 11.6 Å². The number of rotatable bonds is 10. The van der Waals surface area contributed by atoms with Crippen molar-refractivity contribution in [3.8, 4) is 0 Å². The number of carbonyl (C=O) groups excluding carboxylic acids is 1. The highest BCUT2D eigenvalue weighted by Gasteiger charge is 2.03. The number of primary amides is 1. The number of nitrogens with zero attached hydrogens (tertiary/aromatic N) is 2. The molecule has 20 heavy (non-hydrogen) atoms. The van der Waals surface area contributed by atoms with E-state index in [1.807, 2.05) is 13.0 Å². The smallest absolute Gasteiger partial charge is 0.243 e. The first kappa shape index (κ1) is 16.2. The Bertz CT molecular complexity index is 425. The van der Waals surface area contributed by atoms with Crippen molar-refractivity contribution < 1.29 is 9.53 Å². The number of hydrogen-bond acceptors (Lipinski definition) is 6. The third-order valence-electron chi connectivity index (χ3n) is 2.44. The van der Waals surface area contributed by atoms with Crippen LogP contribution >= 0.6 is 0 Å². The molecule has 0 aliphatic carbocycles. The molecule has 1 heterocycles. The lowest BCUT2D eigenvalue weighted by atomic mass is 10.4. The zero-order valence-corrected chi connectivity index (χ0v) is 12.1. The molecule has 1 amide bonds. The summed E-state index contributed by atoms with van der Waals surface area (Å²) in [6.45, 7) is 5.88. The summed E-state index contributed by atoms with van der Waals surface area (Å²) in [4.78, 5) is 19.3. The van der Waals surface area contributed by atoms with E-state index in [9.17, 15) is 4.79 Å². The number of aromatic nitrogens is 2. The van der Waals surface area contributed by atoms with E-state index in [2.05, 4.69) is 27.5 Å². The lowest BCUT2D eigenvalue weighted by molar-refractivity contribution is -0.122. The van der Waals surface area contributed by atoms with Crippen LogP contribution < -0.4 is 16.4 Å². The number of anilines is 2. The number of nitrogens with one attached hydrogen (secondary N) is 2. The molecule has 0 atom stereocenters. The van der Waals surface area contributed by atoms with Crippen molar-refractivity contribution in [2.45, 2.75) is 26.7 Å². The van der Waals surface area contributed by atoms with E-state index in [1.165, 1.54) is 0 Å². The summed E-state index contributed by atoms with van der Waals surface area (Å²) < 4.78 is 5.07. The van der Waals surface area contributed by atoms with Crippen LogP contribution in [0.2, 0.25) is 0 Å². The minimum absolute atomic E-state index is 0.0605. The van der Waals surface area contributed by atoms with Gasteiger partial charge in [-0.3, -0.25) is 4.79 Å². The van der Waals surface area contributed by atoms with Crippen molar-refractivity contribution in [1.82, 2.24) is 9.97 Å². The Kier molecular flexibility index (Phi) is 7.34. The molecule has 0 aliphatic heterocycles. The fourth-order valence-electron chi connectivity index (χ4n) is 1.51. The fraction of sp³-hybridized carbons (Fsp3) is 0.615. The fourth-order valence-corrected chi connectivity index (χ4v) is 1.51. The average molecular weight is 281 g/mol. The molecule has 0 radical (unpaired) electrons. The van der Waals surface area contributed by atoms with Gasteiger partial charge in [0, 0.05) is 25.6 Å². The van der Waals surface area contributed by atoms with Gasteiger partial charge in [0.2, 0.25) is 5.91 Å². The van der Waals surface area contributed by atoms with Gasteiger partial charge in [-0.15, -0.1) is 0 Å². The zero-order valence-electron chi connectivity index (χ0n) is 12.1. The quantitative estimate of drug-likeness (QED) is 0.548. The van der Waals surface area contributed by atoms with Crippen LogP contribution in [0.3, 0.4) is 0 Å². The van der Waals surface area contributed by atoms with Crippen LogP contribution in [0.1, 0.15) is 26.1 Å². The van der Waals surface area contributed by atoms with Crippen molar-refractivity contribution in [3.05, 3.63) is 11.9 Å². The van der Waals surface area contributed by atoms with Gasteiger partial charge in [0.25, 0.3) is 0 Å². The molecule has 0 bridgehead atoms. The van der Waals surface area contributed by atoms with Crippen LogP contribution in [0, 0.1) is 0 Å². The Labute approximate surface area is 119 Å². The van der Waals surface area contributed by atoms with Crippen molar-refractivity contribution in [2.24, 2.45) is 5.73 Å². The first-order chi connectivity index (χ1) is 9.65. The Balaban J connectivity index is 2.48. The average Bonchev–Trinajstić information content (AvgIpc) is 2.44. The summed E-state index contributed by atoms with van der Waals surface area (Å²) >= 11 is 0. The largest absolute Gasteiger partial charge is 0.370 e. The van der Waals surface area contributed by atoms with Gasteiger partial charge in [-0.25, -0.2) is 9.97 Å². The van der Waals surface area contributed by atoms with Crippen LogP contribution in [0.25, 0.3) is 0 Å². The van der Waals surface area contributed by atoms with E-state index in [0.717, 1.165) is 36.8 Å². The third-order valence-corrected chi connectivity index (χ3v) is 2.44. The maximum Gasteiger partial charge on any atom is 0.243 e. The first-order valence-electron chi connectivity index (χ1n) is 6.87. The molecule has 112 valence electrons. The molecule has 1 aromatic rings. The molecule has 0 unspecified atom stereocenters. The maximum absolute atomic E-state index is 10.5. The van der Waals surface area contributed by atoms with E-state index in [-0.39, 0.29) is 6.61 Å². The van der Waals surface area contributed by atoms with Gasteiger partial charge in [0.1, 0.15) is 24.1 Å². The summed E-state index contributed by atoms with van der Waals surface area (Å²) in [5.74, 6) is 1.88. The molecular weight excluding hydrogens is 258 g/mol. The highest BCUT2D eigenvalue weighted by Crippen LogP contribution is 2.11. The lowest BCUT2D eigenvalue weighted by Gasteiger charge is -2.10. The standard InChI is InChI=1S/C13H23N5O2/c1-3-5-15-12-8-13(18-11(4-2)17-12)16-6-7-20-9-10(14)19/h8H,3-7,9H2,1-2H3,(H2,14,19)(H2,15,16,17,18). The molecule has 1 aromatic heterocycles. The second-order valence-electron chi connectivity index (χ2n) is 4.28. The molecule has 1 rings (SSSR count). The van der Waals surface area contributed by atoms with E-state index in [0.29, 0.717) is 13.2 Å². The lowest BCUT2D eigenvalue weighted by Crippen LogP contribution is -2.21. The van der Waals surface area contributed by atoms with Gasteiger partial charge in [-0.2, -0.15) is 0 Å². The van der Waals surface area contributed by atoms with Crippen LogP contribution in [0.5, 0.6) is 0 Å². The van der Waals surface area contributed by atoms with Crippen molar-refractivity contribution in [1.29, 1.82) is 0 Å². The van der Waals surface area contributed by atoms with E-state index < -0.39 is 5.91 Å². The van der Waals surface area contributed by atoms with Gasteiger partial charge in [0.05, 0.1) is 6.61 Å².